The van der Waals surface area contributed by atoms with Gasteiger partial charge in [-0.3, -0.25) is 21.7 Å². The maximum absolute atomic E-state index is 13.5. The normalized spacial score (nSPS) is 11.6. The average molecular weight is 759 g/mol. The molecule has 2 aliphatic rings. The van der Waals surface area contributed by atoms with Crippen molar-refractivity contribution in [1.29, 1.82) is 0 Å². The maximum atomic E-state index is 13.5. The summed E-state index contributed by atoms with van der Waals surface area (Å²) in [5, 5.41) is 4.84. The van der Waals surface area contributed by atoms with Crippen molar-refractivity contribution in [2.24, 2.45) is 0 Å². The van der Waals surface area contributed by atoms with Gasteiger partial charge in [-0.15, -0.1) is 49.2 Å². The smallest absolute Gasteiger partial charge is 0.384 e. The van der Waals surface area contributed by atoms with Crippen molar-refractivity contribution in [3.8, 4) is 0 Å². The summed E-state index contributed by atoms with van der Waals surface area (Å²) >= 11 is 0. The summed E-state index contributed by atoms with van der Waals surface area (Å²) in [7, 11) is 3.15. The molecule has 2 N–H and O–H groups in total. The van der Waals surface area contributed by atoms with Crippen molar-refractivity contribution in [2.75, 3.05) is 38.1 Å². The first-order valence-corrected chi connectivity index (χ1v) is 16.2. The van der Waals surface area contributed by atoms with Crippen LogP contribution in [0.25, 0.3) is 0 Å². The predicted octanol–water partition coefficient (Wildman–Crippen LogP) is 9.02. The Bertz CT molecular complexity index is 1720. The van der Waals surface area contributed by atoms with Gasteiger partial charge in [0.25, 0.3) is 0 Å². The van der Waals surface area contributed by atoms with E-state index in [-0.39, 0.29) is 33.1 Å². The van der Waals surface area contributed by atoms with E-state index in [0.29, 0.717) is 37.2 Å². The van der Waals surface area contributed by atoms with Crippen LogP contribution in [0.2, 0.25) is 0 Å². The van der Waals surface area contributed by atoms with E-state index in [0.717, 1.165) is 48.2 Å². The molecule has 0 saturated carbocycles. The molecule has 53 heavy (non-hydrogen) atoms. The van der Waals surface area contributed by atoms with Crippen LogP contribution in [0.4, 0.5) is 28.9 Å². The molecule has 4 aromatic carbocycles. The molecule has 6 rings (SSSR count). The number of hydrogen-bond acceptors (Lipinski definition) is 4. The van der Waals surface area contributed by atoms with E-state index in [4.69, 9.17) is 9.47 Å². The van der Waals surface area contributed by atoms with Crippen molar-refractivity contribution < 1.29 is 58.3 Å². The van der Waals surface area contributed by atoms with Crippen LogP contribution in [0.15, 0.2) is 109 Å². The fourth-order valence-electron chi connectivity index (χ4n) is 4.48. The molecule has 2 aliphatic carbocycles. The van der Waals surface area contributed by atoms with Gasteiger partial charge >= 0.3 is 21.7 Å². The third-order valence-electron chi connectivity index (χ3n) is 7.07. The summed E-state index contributed by atoms with van der Waals surface area (Å²) in [6.45, 7) is 0.950. The van der Waals surface area contributed by atoms with E-state index >= 15 is 0 Å². The number of anilines is 2. The number of carbonyl (C=O) groups is 2. The molecular formula is C42H38F4N2O4Ti. The number of rotatable bonds is 10. The van der Waals surface area contributed by atoms with E-state index in [1.54, 1.807) is 50.6 Å². The molecule has 0 atom stereocenters. The van der Waals surface area contributed by atoms with Crippen LogP contribution in [0, 0.1) is 47.6 Å². The Hall–Kier alpha value is -4.87. The van der Waals surface area contributed by atoms with Gasteiger partial charge in [0.15, 0.2) is 0 Å². The van der Waals surface area contributed by atoms with Gasteiger partial charge in [0, 0.05) is 48.6 Å². The topological polar surface area (TPSA) is 76.7 Å². The maximum Gasteiger partial charge on any atom is 4.00 e. The number of ether oxygens (including phenoxy) is 2. The summed E-state index contributed by atoms with van der Waals surface area (Å²) in [6, 6.07) is 22.1. The number of methoxy groups -OCH3 is 2. The molecule has 0 unspecified atom stereocenters. The van der Waals surface area contributed by atoms with Crippen LogP contribution in [-0.2, 0) is 44.0 Å². The van der Waals surface area contributed by atoms with Crippen LogP contribution in [0.1, 0.15) is 44.7 Å². The van der Waals surface area contributed by atoms with E-state index in [9.17, 15) is 27.2 Å². The van der Waals surface area contributed by atoms with Crippen molar-refractivity contribution in [3.05, 3.63) is 179 Å². The largest absolute Gasteiger partial charge is 4.00 e. The zero-order valence-electron chi connectivity index (χ0n) is 29.3. The molecule has 0 bridgehead atoms. The number of amides is 2. The monoisotopic (exact) mass is 758 g/mol. The van der Waals surface area contributed by atoms with E-state index < -0.39 is 35.1 Å². The summed E-state index contributed by atoms with van der Waals surface area (Å²) in [4.78, 5) is 24.4. The average Bonchev–Trinajstić information content (AvgIpc) is 3.94. The zero-order chi connectivity index (χ0) is 37.6. The van der Waals surface area contributed by atoms with E-state index in [1.807, 2.05) is 48.6 Å². The zero-order valence-corrected chi connectivity index (χ0v) is 30.8. The molecule has 6 nitrogen and oxygen atoms in total. The second-order valence-electron chi connectivity index (χ2n) is 10.8. The summed E-state index contributed by atoms with van der Waals surface area (Å²) in [5.41, 5.74) is 2.23. The molecule has 0 radical (unpaired) electrons. The Balaban J connectivity index is 0.000000285. The van der Waals surface area contributed by atoms with E-state index in [2.05, 4.69) is 34.9 Å². The number of halogens is 4. The predicted molar refractivity (Wildman–Crippen MR) is 193 cm³/mol. The third kappa shape index (κ3) is 16.1. The summed E-state index contributed by atoms with van der Waals surface area (Å²) in [6.07, 6.45) is 21.1. The fraction of sp³-hybridized carbons (Fsp3) is 0.190. The number of benzene rings is 4. The van der Waals surface area contributed by atoms with Crippen LogP contribution in [-0.4, -0.2) is 39.2 Å². The van der Waals surface area contributed by atoms with E-state index in [1.165, 1.54) is 0 Å². The molecule has 0 aromatic heterocycles. The summed E-state index contributed by atoms with van der Waals surface area (Å²) < 4.78 is 62.6. The molecule has 11 heteroatoms. The molecule has 0 heterocycles. The Morgan fingerprint density at radius 1 is 0.623 bits per heavy atom. The SMILES string of the molecule is COCCc1ccccc1C(=O)Nc1ccc(F)[c-]c1F.COCCc1ccccc1C(=O)Nc1ccc(F)[c-]c1F.[C-]1=CC=CC1.[C-]1=CC=CC1.[Ti+4]. The quantitative estimate of drug-likeness (QED) is 0.0962. The number of carbonyl (C=O) groups excluding carboxylic acids is 2. The van der Waals surface area contributed by atoms with Gasteiger partial charge in [-0.25, -0.2) is 41.9 Å². The minimum Gasteiger partial charge on any atom is -0.384 e. The van der Waals surface area contributed by atoms with Gasteiger partial charge in [0.2, 0.25) is 11.8 Å². The number of hydrogen-bond donors (Lipinski definition) is 2. The van der Waals surface area contributed by atoms with Gasteiger partial charge in [0.05, 0.1) is 13.2 Å². The number of allylic oxidation sites excluding steroid dienone is 8. The van der Waals surface area contributed by atoms with Crippen molar-refractivity contribution in [2.45, 2.75) is 25.7 Å². The Morgan fingerprint density at radius 2 is 1.02 bits per heavy atom. The van der Waals surface area contributed by atoms with Gasteiger partial charge in [-0.2, -0.15) is 12.2 Å². The third-order valence-corrected chi connectivity index (χ3v) is 7.07. The van der Waals surface area contributed by atoms with Crippen LogP contribution in [0.5, 0.6) is 0 Å². The van der Waals surface area contributed by atoms with Crippen molar-refractivity contribution >= 4 is 23.2 Å². The molecule has 2 amide bonds. The second kappa shape index (κ2) is 25.2. The van der Waals surface area contributed by atoms with Crippen LogP contribution in [0.3, 0.4) is 0 Å². The van der Waals surface area contributed by atoms with Crippen LogP contribution < -0.4 is 10.6 Å². The Labute approximate surface area is 323 Å². The van der Waals surface area contributed by atoms with Crippen molar-refractivity contribution in [3.63, 3.8) is 0 Å². The van der Waals surface area contributed by atoms with Gasteiger partial charge < -0.3 is 20.1 Å². The van der Waals surface area contributed by atoms with Crippen molar-refractivity contribution in [1.82, 2.24) is 0 Å². The molecule has 0 spiro atoms. The first-order valence-electron chi connectivity index (χ1n) is 16.2. The molecule has 0 fully saturated rings. The molecule has 4 aromatic rings. The first kappa shape index (κ1) is 44.3. The molecule has 0 saturated heterocycles. The fourth-order valence-corrected chi connectivity index (χ4v) is 4.48. The Kier molecular flexibility index (Phi) is 21.0. The van der Waals surface area contributed by atoms with Gasteiger partial charge in [0.1, 0.15) is 0 Å². The molecule has 0 aliphatic heterocycles. The summed E-state index contributed by atoms with van der Waals surface area (Å²) in [5.74, 6) is -4.41. The first-order chi connectivity index (χ1) is 25.2. The Morgan fingerprint density at radius 3 is 1.32 bits per heavy atom. The minimum absolute atomic E-state index is 0. The molecular weight excluding hydrogens is 720 g/mol. The number of nitrogens with one attached hydrogen (secondary N) is 2. The minimum atomic E-state index is -0.933. The van der Waals surface area contributed by atoms with Gasteiger partial charge in [-0.1, -0.05) is 36.4 Å². The standard InChI is InChI=1S/2C16H14F2NO2.2C5H5.Ti/c2*1-21-9-8-11-4-2-3-5-13(11)16(20)19-15-7-6-12(17)10-14(15)18;2*1-2-4-5-3-1;/h2*2-7H,8-9H2,1H3,(H,19,20);2*1-3H,4H2;/q4*-1;+4. The van der Waals surface area contributed by atoms with Gasteiger partial charge in [-0.05, 0) is 47.5 Å². The molecule has 272 valence electrons. The second-order valence-corrected chi connectivity index (χ2v) is 10.8. The van der Waals surface area contributed by atoms with Crippen LogP contribution >= 0.6 is 0 Å².